The van der Waals surface area contributed by atoms with E-state index in [2.05, 4.69) is 407 Å². The summed E-state index contributed by atoms with van der Waals surface area (Å²) in [5.74, 6) is 0. The van der Waals surface area contributed by atoms with Crippen LogP contribution < -0.4 is 0 Å². The zero-order valence-electron chi connectivity index (χ0n) is 72.7. The number of benzene rings is 14. The van der Waals surface area contributed by atoms with Crippen LogP contribution in [0.1, 0.15) is 72.2 Å². The van der Waals surface area contributed by atoms with Gasteiger partial charge in [0, 0.05) is 24.8 Å². The number of rotatable bonds is 22. The molecule has 0 amide bonds. The quantitative estimate of drug-likeness (QED) is 0.0629. The second-order valence-electron chi connectivity index (χ2n) is 32.5. The zero-order valence-corrected chi connectivity index (χ0v) is 77.5. The topological polar surface area (TPSA) is 77.3 Å². The molecule has 8 heteroatoms. The van der Waals surface area contributed by atoms with Gasteiger partial charge in [-0.1, -0.05) is 293 Å². The molecule has 0 saturated heterocycles. The summed E-state index contributed by atoms with van der Waals surface area (Å²) in [6.45, 7) is 17.3. The third-order valence-electron chi connectivity index (χ3n) is 24.8. The number of hydrogen-bond acceptors (Lipinski definition) is 6. The van der Waals surface area contributed by atoms with Gasteiger partial charge in [0.05, 0.1) is 6.33 Å². The van der Waals surface area contributed by atoms with Gasteiger partial charge in [-0.25, -0.2) is 0 Å². The summed E-state index contributed by atoms with van der Waals surface area (Å²) < 4.78 is 0. The monoisotopic (exact) mass is 2000 g/mol. The van der Waals surface area contributed by atoms with E-state index in [0.29, 0.717) is 0 Å². The molecule has 128 heavy (non-hydrogen) atoms. The summed E-state index contributed by atoms with van der Waals surface area (Å²) in [7, 11) is 0. The van der Waals surface area contributed by atoms with Gasteiger partial charge in [0.1, 0.15) is 0 Å². The summed E-state index contributed by atoms with van der Waals surface area (Å²) in [6.07, 6.45) is 13.4. The Morgan fingerprint density at radius 3 is 0.500 bits per heavy atom. The predicted molar refractivity (Wildman–Crippen MR) is 521 cm³/mol. The average Bonchev–Trinajstić information content (AvgIpc) is 0.765. The van der Waals surface area contributed by atoms with Gasteiger partial charge in [-0.05, 0) is 213 Å². The molecule has 19 aromatic rings. The number of hydrogen-bond donors (Lipinski definition) is 0. The maximum atomic E-state index is 4.88. The van der Waals surface area contributed by atoms with Crippen LogP contribution in [0.15, 0.2) is 353 Å². The van der Waals surface area contributed by atoms with Crippen molar-refractivity contribution in [3.8, 4) is 201 Å². The first-order valence-electron chi connectivity index (χ1n) is 43.5. The van der Waals surface area contributed by atoms with Gasteiger partial charge in [-0.15, -0.1) is 179 Å². The van der Waals surface area contributed by atoms with E-state index >= 15 is 0 Å². The first kappa shape index (κ1) is 86.2. The maximum Gasteiger partial charge on any atom is 3.00 e. The zero-order chi connectivity index (χ0) is 85.7. The molecule has 618 valence electrons. The van der Waals surface area contributed by atoms with Crippen molar-refractivity contribution in [3.05, 3.63) is 434 Å². The summed E-state index contributed by atoms with van der Waals surface area (Å²) in [4.78, 5) is 29.2. The molecule has 0 saturated carbocycles. The number of aryl methyl sites for hydroxylation is 8. The van der Waals surface area contributed by atoms with Gasteiger partial charge < -0.3 is 19.9 Å². The van der Waals surface area contributed by atoms with Crippen LogP contribution in [0.3, 0.4) is 0 Å². The maximum absolute atomic E-state index is 4.88. The summed E-state index contributed by atoms with van der Waals surface area (Å²) in [5.41, 5.74) is 46.7. The minimum atomic E-state index is 0. The summed E-state index contributed by atoms with van der Waals surface area (Å²) >= 11 is 0. The van der Waals surface area contributed by atoms with E-state index in [1.54, 1.807) is 6.33 Å². The Labute approximate surface area is 779 Å². The Hall–Kier alpha value is -13.9. The summed E-state index contributed by atoms with van der Waals surface area (Å²) in [6, 6.07) is 138. The molecule has 19 rings (SSSR count). The predicted octanol–water partition coefficient (Wildman–Crippen LogP) is 30.3. The van der Waals surface area contributed by atoms with Crippen LogP contribution in [-0.2, 0) is 65.9 Å². The molecule has 0 atom stereocenters. The Morgan fingerprint density at radius 2 is 0.352 bits per heavy atom. The second kappa shape index (κ2) is 38.5. The number of nitrogens with zero attached hydrogens (tertiary/aromatic N) is 6. The Morgan fingerprint density at radius 1 is 0.188 bits per heavy atom. The normalized spacial score (nSPS) is 11.1. The van der Waals surface area contributed by atoms with Crippen molar-refractivity contribution in [2.24, 2.45) is 0 Å². The largest absolute Gasteiger partial charge is 3.00 e. The van der Waals surface area contributed by atoms with Crippen LogP contribution in [0.5, 0.6) is 0 Å². The minimum Gasteiger partial charge on any atom is -0.304 e. The number of aromatic nitrogens is 6. The van der Waals surface area contributed by atoms with E-state index < -0.39 is 0 Å². The van der Waals surface area contributed by atoms with Crippen LogP contribution in [0.25, 0.3) is 201 Å². The van der Waals surface area contributed by atoms with Crippen molar-refractivity contribution in [1.29, 1.82) is 0 Å². The number of pyridine rings is 4. The van der Waals surface area contributed by atoms with Crippen LogP contribution in [0.4, 0.5) is 0 Å². The van der Waals surface area contributed by atoms with Gasteiger partial charge in [0.25, 0.3) is 0 Å². The molecular weight excluding hydrogens is 1910 g/mol. The first-order chi connectivity index (χ1) is 61.9. The van der Waals surface area contributed by atoms with Gasteiger partial charge >= 0.3 is 40.2 Å². The van der Waals surface area contributed by atoms with Crippen LogP contribution in [0, 0.1) is 64.1 Å². The third kappa shape index (κ3) is 17.9. The fourth-order valence-electron chi connectivity index (χ4n) is 17.7. The molecule has 5 aromatic heterocycles. The molecule has 6 nitrogen and oxygen atoms in total. The summed E-state index contributed by atoms with van der Waals surface area (Å²) in [5, 5.41) is 0. The van der Waals surface area contributed by atoms with E-state index in [-0.39, 0.29) is 40.2 Å². The van der Waals surface area contributed by atoms with Crippen LogP contribution >= 0.6 is 0 Å². The molecule has 0 radical (unpaired) electrons. The van der Waals surface area contributed by atoms with Gasteiger partial charge in [-0.2, -0.15) is 0 Å². The van der Waals surface area contributed by atoms with Crippen LogP contribution in [-0.4, -0.2) is 29.9 Å². The minimum absolute atomic E-state index is 0. The molecule has 5 heterocycles. The molecule has 0 aliphatic rings. The molecule has 0 spiro atoms. The van der Waals surface area contributed by atoms with E-state index in [1.807, 2.05) is 30.9 Å². The SMILES string of the molecule is CCc1cnc(-c2[c-]cc(-c3ccccc3-c3cc(-c4ccccc4-c4c[c-]c(-c5cc(-c6[c-]cc(-c7ccccc7-c7cc(-c8ccccc8-c8c[c-]c(-c9cc(C)c(CC)cn9)cc8)cc(-c8ccccc8-c8c[c-]c(-c9cc(C)c(CC)cn9)cc8)c7)cc6)ncn5)cc4)cc(-c4ccccc4-c4c[c-]c(-c5cc(C)c(CC)cn5)cc4)c3)cc2)cc1C.[Ir+3].[Ir+3]. The Bertz CT molecular complexity index is 6510. The molecule has 0 aliphatic carbocycles. The molecule has 0 unspecified atom stereocenters. The molecule has 0 aliphatic heterocycles. The van der Waals surface area contributed by atoms with E-state index in [4.69, 9.17) is 29.9 Å². The second-order valence-corrected chi connectivity index (χ2v) is 32.5. The van der Waals surface area contributed by atoms with Crippen molar-refractivity contribution < 1.29 is 40.2 Å². The van der Waals surface area contributed by atoms with E-state index in [9.17, 15) is 0 Å². The first-order valence-corrected chi connectivity index (χ1v) is 43.5. The van der Waals surface area contributed by atoms with Gasteiger partial charge in [0.15, 0.2) is 0 Å². The average molecular weight is 2000 g/mol. The van der Waals surface area contributed by atoms with Gasteiger partial charge in [-0.3, -0.25) is 9.97 Å². The smallest absolute Gasteiger partial charge is 0.304 e. The molecular formula is C120H90Ir2N6. The van der Waals surface area contributed by atoms with Crippen molar-refractivity contribution in [3.63, 3.8) is 0 Å². The Balaban J connectivity index is 0.00000576. The molecule has 0 bridgehead atoms. The standard InChI is InChI=1S/C120H90N6.2Ir/c1-9-81-72-121-115(61-77(81)5)91-49-37-85(38-50-91)103-25-13-19-31-109(103)97-65-98(110-32-20-14-26-104(110)86-39-51-92(52-40-86)116-62-78(6)82(10-2)73-122-116)68-101(67-97)113-35-23-17-29-107(113)89-45-57-95(58-46-89)119-71-120(126-76-125-119)96-59-47-90(48-60-96)108-30-18-24-36-114(108)102-69-99(111-33-21-15-27-105(111)87-41-53-93(54-42-87)117-63-79(7)83(11-3)74-123-117)66-100(70-102)112-34-22-16-28-106(112)88-43-55-94(56-44-88)118-64-80(8)84(12-4)75-124-118;;/h13-49,51,53,55,57,59,61-76H,9-12H2,1-8H3;;/q-6;2*+3. The van der Waals surface area contributed by atoms with Crippen molar-refractivity contribution in [1.82, 2.24) is 29.9 Å². The third-order valence-corrected chi connectivity index (χ3v) is 24.8. The van der Waals surface area contributed by atoms with Crippen molar-refractivity contribution in [2.75, 3.05) is 0 Å². The van der Waals surface area contributed by atoms with E-state index in [1.165, 1.54) is 44.5 Å². The molecule has 0 N–H and O–H groups in total. The van der Waals surface area contributed by atoms with Gasteiger partial charge in [0.2, 0.25) is 0 Å². The fraction of sp³-hybridized carbons (Fsp3) is 0.100. The van der Waals surface area contributed by atoms with E-state index in [0.717, 1.165) is 227 Å². The molecule has 0 fully saturated rings. The fourth-order valence-corrected chi connectivity index (χ4v) is 17.7. The van der Waals surface area contributed by atoms with Crippen LogP contribution in [0.2, 0.25) is 0 Å². The van der Waals surface area contributed by atoms with Crippen molar-refractivity contribution in [2.45, 2.75) is 81.1 Å². The molecule has 14 aromatic carbocycles. The van der Waals surface area contributed by atoms with Crippen molar-refractivity contribution >= 4 is 0 Å². The Kier molecular flexibility index (Phi) is 25.9.